The lowest BCUT2D eigenvalue weighted by atomic mass is 10.0. The molecule has 0 heterocycles. The van der Waals surface area contributed by atoms with Gasteiger partial charge in [-0.2, -0.15) is 0 Å². The third-order valence-corrected chi connectivity index (χ3v) is 2.62. The minimum atomic E-state index is -0.0852. The Kier molecular flexibility index (Phi) is 5.70. The number of hydrogen-bond acceptors (Lipinski definition) is 3. The molecule has 0 unspecified atom stereocenters. The summed E-state index contributed by atoms with van der Waals surface area (Å²) in [7, 11) is 0. The number of hydrogen-bond donors (Lipinski definition) is 1. The molecule has 0 aromatic heterocycles. The van der Waals surface area contributed by atoms with Gasteiger partial charge in [0.1, 0.15) is 11.5 Å². The summed E-state index contributed by atoms with van der Waals surface area (Å²) in [6, 6.07) is 7.83. The molecule has 0 amide bonds. The predicted molar refractivity (Wildman–Crippen MR) is 69.5 cm³/mol. The number of likely N-dealkylation sites (N-methyl/N-ethyl adjacent to an activating group) is 1. The van der Waals surface area contributed by atoms with Crippen LogP contribution in [0.5, 0.6) is 5.75 Å². The molecular weight excluding hydrogens is 214 g/mol. The molecule has 0 radical (unpaired) electrons. The number of carbonyl (C=O) groups excluding carboxylic acids is 1. The second-order valence-corrected chi connectivity index (χ2v) is 4.00. The largest absolute Gasteiger partial charge is 0.494 e. The van der Waals surface area contributed by atoms with Gasteiger partial charge in [-0.1, -0.05) is 19.1 Å². The smallest absolute Gasteiger partial charge is 0.147 e. The summed E-state index contributed by atoms with van der Waals surface area (Å²) in [4.78, 5) is 11.4. The molecule has 1 N–H and O–H groups in total. The van der Waals surface area contributed by atoms with E-state index in [2.05, 4.69) is 5.32 Å². The lowest BCUT2D eigenvalue weighted by Gasteiger charge is -2.14. The van der Waals surface area contributed by atoms with Crippen LogP contribution in [0.25, 0.3) is 0 Å². The normalized spacial score (nSPS) is 12.2. The highest BCUT2D eigenvalue weighted by Crippen LogP contribution is 2.13. The summed E-state index contributed by atoms with van der Waals surface area (Å²) in [5, 5.41) is 3.19. The second kappa shape index (κ2) is 7.07. The molecule has 1 aromatic carbocycles. The van der Waals surface area contributed by atoms with Crippen molar-refractivity contribution in [1.29, 1.82) is 0 Å². The van der Waals surface area contributed by atoms with Crippen LogP contribution in [-0.4, -0.2) is 25.0 Å². The minimum Gasteiger partial charge on any atom is -0.494 e. The third-order valence-electron chi connectivity index (χ3n) is 2.62. The second-order valence-electron chi connectivity index (χ2n) is 4.00. The average molecular weight is 235 g/mol. The van der Waals surface area contributed by atoms with Crippen molar-refractivity contribution < 1.29 is 9.53 Å². The molecule has 1 rings (SSSR count). The average Bonchev–Trinajstić information content (AvgIpc) is 2.31. The molecule has 3 heteroatoms. The van der Waals surface area contributed by atoms with Crippen molar-refractivity contribution in [3.8, 4) is 5.75 Å². The molecular formula is C14H21NO2. The summed E-state index contributed by atoms with van der Waals surface area (Å²) < 4.78 is 5.38. The lowest BCUT2D eigenvalue weighted by molar-refractivity contribution is -0.118. The zero-order chi connectivity index (χ0) is 12.7. The van der Waals surface area contributed by atoms with Crippen molar-refractivity contribution >= 4 is 5.78 Å². The number of Topliss-reactive ketones (excluding diaryl/α,β-unsaturated/α-hetero) is 1. The van der Waals surface area contributed by atoms with Gasteiger partial charge in [-0.15, -0.1) is 0 Å². The van der Waals surface area contributed by atoms with E-state index >= 15 is 0 Å². The van der Waals surface area contributed by atoms with Gasteiger partial charge >= 0.3 is 0 Å². The van der Waals surface area contributed by atoms with Crippen molar-refractivity contribution in [2.45, 2.75) is 33.2 Å². The molecule has 0 bridgehead atoms. The Morgan fingerprint density at radius 3 is 2.41 bits per heavy atom. The zero-order valence-electron chi connectivity index (χ0n) is 10.8. The van der Waals surface area contributed by atoms with E-state index in [1.54, 1.807) is 6.92 Å². The molecule has 1 atom stereocenters. The van der Waals surface area contributed by atoms with E-state index in [4.69, 9.17) is 4.74 Å². The predicted octanol–water partition coefficient (Wildman–Crippen LogP) is 2.19. The van der Waals surface area contributed by atoms with Crippen molar-refractivity contribution in [2.75, 3.05) is 13.2 Å². The fraction of sp³-hybridized carbons (Fsp3) is 0.500. The topological polar surface area (TPSA) is 38.3 Å². The van der Waals surface area contributed by atoms with Crippen molar-refractivity contribution in [1.82, 2.24) is 5.32 Å². The summed E-state index contributed by atoms with van der Waals surface area (Å²) in [5.41, 5.74) is 1.15. The Labute approximate surface area is 103 Å². The van der Waals surface area contributed by atoms with Crippen LogP contribution >= 0.6 is 0 Å². The Hall–Kier alpha value is -1.35. The fourth-order valence-electron chi connectivity index (χ4n) is 1.73. The molecule has 0 aliphatic carbocycles. The highest BCUT2D eigenvalue weighted by Gasteiger charge is 2.12. The quantitative estimate of drug-likeness (QED) is 0.787. The van der Waals surface area contributed by atoms with Gasteiger partial charge in [-0.3, -0.25) is 4.79 Å². The minimum absolute atomic E-state index is 0.0852. The zero-order valence-corrected chi connectivity index (χ0v) is 10.8. The van der Waals surface area contributed by atoms with Crippen LogP contribution in [0.15, 0.2) is 24.3 Å². The molecule has 0 aliphatic rings. The monoisotopic (exact) mass is 235 g/mol. The molecule has 1 aromatic rings. The maximum Gasteiger partial charge on any atom is 0.147 e. The van der Waals surface area contributed by atoms with Crippen LogP contribution in [-0.2, 0) is 11.2 Å². The first kappa shape index (κ1) is 13.7. The van der Waals surface area contributed by atoms with Crippen LogP contribution in [0.2, 0.25) is 0 Å². The number of nitrogens with one attached hydrogen (secondary N) is 1. The molecule has 17 heavy (non-hydrogen) atoms. The fourth-order valence-corrected chi connectivity index (χ4v) is 1.73. The van der Waals surface area contributed by atoms with Crippen LogP contribution in [0, 0.1) is 0 Å². The maximum atomic E-state index is 11.4. The van der Waals surface area contributed by atoms with E-state index < -0.39 is 0 Å². The van der Waals surface area contributed by atoms with E-state index in [1.165, 1.54) is 0 Å². The van der Waals surface area contributed by atoms with E-state index in [-0.39, 0.29) is 11.8 Å². The van der Waals surface area contributed by atoms with E-state index in [1.807, 2.05) is 38.1 Å². The van der Waals surface area contributed by atoms with Crippen molar-refractivity contribution in [2.24, 2.45) is 0 Å². The first-order chi connectivity index (χ1) is 8.17. The van der Waals surface area contributed by atoms with E-state index in [0.717, 1.165) is 24.3 Å². The Bertz CT molecular complexity index is 346. The third kappa shape index (κ3) is 4.57. The number of ketones is 1. The summed E-state index contributed by atoms with van der Waals surface area (Å²) in [5.74, 6) is 1.06. The van der Waals surface area contributed by atoms with E-state index in [0.29, 0.717) is 6.61 Å². The van der Waals surface area contributed by atoms with Gasteiger partial charge in [0.15, 0.2) is 0 Å². The van der Waals surface area contributed by atoms with E-state index in [9.17, 15) is 4.79 Å². The number of benzene rings is 1. The lowest BCUT2D eigenvalue weighted by Crippen LogP contribution is -2.37. The van der Waals surface area contributed by atoms with Gasteiger partial charge in [0.25, 0.3) is 0 Å². The standard InChI is InChI=1S/C14H21NO2/c1-4-15-14(11(3)16)10-12-6-8-13(9-7-12)17-5-2/h6-9,14-15H,4-5,10H2,1-3H3/t14-/m1/s1. The Balaban J connectivity index is 2.63. The van der Waals surface area contributed by atoms with Gasteiger partial charge in [0.2, 0.25) is 0 Å². The first-order valence-corrected chi connectivity index (χ1v) is 6.13. The van der Waals surface area contributed by atoms with Gasteiger partial charge in [-0.05, 0) is 44.5 Å². The van der Waals surface area contributed by atoms with Gasteiger partial charge in [0, 0.05) is 0 Å². The first-order valence-electron chi connectivity index (χ1n) is 6.13. The highest BCUT2D eigenvalue weighted by molar-refractivity contribution is 5.81. The Morgan fingerprint density at radius 2 is 1.94 bits per heavy atom. The molecule has 0 saturated carbocycles. The summed E-state index contributed by atoms with van der Waals surface area (Å²) >= 11 is 0. The number of carbonyl (C=O) groups is 1. The SMILES string of the molecule is CCN[C@H](Cc1ccc(OCC)cc1)C(C)=O. The molecule has 0 aliphatic heterocycles. The maximum absolute atomic E-state index is 11.4. The van der Waals surface area contributed by atoms with Gasteiger partial charge in [0.05, 0.1) is 12.6 Å². The van der Waals surface area contributed by atoms with Gasteiger partial charge in [-0.25, -0.2) is 0 Å². The molecule has 3 nitrogen and oxygen atoms in total. The summed E-state index contributed by atoms with van der Waals surface area (Å²) in [6.45, 7) is 7.08. The molecule has 94 valence electrons. The van der Waals surface area contributed by atoms with Crippen LogP contribution in [0.4, 0.5) is 0 Å². The molecule has 0 fully saturated rings. The summed E-state index contributed by atoms with van der Waals surface area (Å²) in [6.07, 6.45) is 0.732. The molecule has 0 saturated heterocycles. The highest BCUT2D eigenvalue weighted by atomic mass is 16.5. The Morgan fingerprint density at radius 1 is 1.29 bits per heavy atom. The van der Waals surface area contributed by atoms with Gasteiger partial charge < -0.3 is 10.1 Å². The van der Waals surface area contributed by atoms with Crippen molar-refractivity contribution in [3.05, 3.63) is 29.8 Å². The van der Waals surface area contributed by atoms with Crippen LogP contribution in [0.3, 0.4) is 0 Å². The van der Waals surface area contributed by atoms with Crippen LogP contribution in [0.1, 0.15) is 26.3 Å². The van der Waals surface area contributed by atoms with Crippen molar-refractivity contribution in [3.63, 3.8) is 0 Å². The number of rotatable bonds is 7. The molecule has 0 spiro atoms. The number of ether oxygens (including phenoxy) is 1. The van der Waals surface area contributed by atoms with Crippen LogP contribution < -0.4 is 10.1 Å².